The van der Waals surface area contributed by atoms with Gasteiger partial charge in [0.2, 0.25) is 0 Å². The first-order valence-corrected chi connectivity index (χ1v) is 8.28. The Morgan fingerprint density at radius 2 is 2.22 bits per heavy atom. The fourth-order valence-corrected chi connectivity index (χ4v) is 3.55. The summed E-state index contributed by atoms with van der Waals surface area (Å²) in [5, 5.41) is 4.31. The van der Waals surface area contributed by atoms with Gasteiger partial charge in [-0.25, -0.2) is 0 Å². The highest BCUT2D eigenvalue weighted by Gasteiger charge is 2.13. The minimum Gasteiger partial charge on any atom is -0.312 e. The van der Waals surface area contributed by atoms with E-state index >= 15 is 0 Å². The standard InChI is InChI=1S/C17H18N4OS/c1-4-10-20-13-8-6-7-9-15(13)23-17(20)18-16(22)14-11-12(3)19-21(14)5-2/h4,6-9,11H,1,5,10H2,2-3H3. The summed E-state index contributed by atoms with van der Waals surface area (Å²) in [7, 11) is 0. The van der Waals surface area contributed by atoms with E-state index in [-0.39, 0.29) is 5.91 Å². The minimum atomic E-state index is -0.267. The van der Waals surface area contributed by atoms with Crippen molar-refractivity contribution in [2.45, 2.75) is 26.9 Å². The lowest BCUT2D eigenvalue weighted by molar-refractivity contribution is 0.0987. The molecular formula is C17H18N4OS. The van der Waals surface area contributed by atoms with E-state index in [0.717, 1.165) is 15.9 Å². The van der Waals surface area contributed by atoms with Crippen molar-refractivity contribution in [1.29, 1.82) is 0 Å². The predicted octanol–water partition coefficient (Wildman–Crippen LogP) is 3.15. The molecular weight excluding hydrogens is 308 g/mol. The van der Waals surface area contributed by atoms with Crippen molar-refractivity contribution in [2.24, 2.45) is 4.99 Å². The van der Waals surface area contributed by atoms with E-state index in [0.29, 0.717) is 23.6 Å². The number of rotatable bonds is 4. The van der Waals surface area contributed by atoms with Crippen LogP contribution in [0.15, 0.2) is 48.0 Å². The molecule has 1 aromatic carbocycles. The molecule has 23 heavy (non-hydrogen) atoms. The lowest BCUT2D eigenvalue weighted by Crippen LogP contribution is -2.17. The number of carbonyl (C=O) groups excluding carboxylic acids is 1. The summed E-state index contributed by atoms with van der Waals surface area (Å²) < 4.78 is 4.79. The van der Waals surface area contributed by atoms with Crippen molar-refractivity contribution in [3.63, 3.8) is 0 Å². The molecule has 0 aliphatic heterocycles. The summed E-state index contributed by atoms with van der Waals surface area (Å²) in [6, 6.07) is 9.80. The molecule has 0 N–H and O–H groups in total. The molecule has 2 aromatic heterocycles. The summed E-state index contributed by atoms with van der Waals surface area (Å²) in [6.07, 6.45) is 1.81. The van der Waals surface area contributed by atoms with E-state index in [4.69, 9.17) is 0 Å². The maximum absolute atomic E-state index is 12.6. The van der Waals surface area contributed by atoms with Crippen LogP contribution >= 0.6 is 11.3 Å². The molecule has 0 spiro atoms. The quantitative estimate of drug-likeness (QED) is 0.692. The second kappa shape index (κ2) is 6.34. The number of amides is 1. The highest BCUT2D eigenvalue weighted by molar-refractivity contribution is 7.16. The van der Waals surface area contributed by atoms with Crippen LogP contribution in [0.3, 0.4) is 0 Å². The highest BCUT2D eigenvalue weighted by atomic mass is 32.1. The van der Waals surface area contributed by atoms with Gasteiger partial charge >= 0.3 is 0 Å². The third kappa shape index (κ3) is 2.90. The Morgan fingerprint density at radius 1 is 1.43 bits per heavy atom. The molecule has 118 valence electrons. The molecule has 3 aromatic rings. The Hall–Kier alpha value is -2.47. The Bertz CT molecular complexity index is 945. The molecule has 6 heteroatoms. The number of para-hydroxylation sites is 1. The number of thiazole rings is 1. The Labute approximate surface area is 138 Å². The normalized spacial score (nSPS) is 12.0. The van der Waals surface area contributed by atoms with Gasteiger partial charge in [0.25, 0.3) is 5.91 Å². The topological polar surface area (TPSA) is 52.2 Å². The summed E-state index contributed by atoms with van der Waals surface area (Å²) in [6.45, 7) is 8.88. The SMILES string of the molecule is C=CCn1c(=NC(=O)c2cc(C)nn2CC)sc2ccccc21. The van der Waals surface area contributed by atoms with Crippen LogP contribution in [0.5, 0.6) is 0 Å². The van der Waals surface area contributed by atoms with Crippen LogP contribution < -0.4 is 4.80 Å². The first-order valence-electron chi connectivity index (χ1n) is 7.46. The lowest BCUT2D eigenvalue weighted by atomic mass is 10.3. The molecule has 0 radical (unpaired) electrons. The molecule has 0 saturated heterocycles. The lowest BCUT2D eigenvalue weighted by Gasteiger charge is -2.01. The van der Waals surface area contributed by atoms with Gasteiger partial charge in [-0.3, -0.25) is 9.48 Å². The molecule has 2 heterocycles. The van der Waals surface area contributed by atoms with Gasteiger partial charge in [0.15, 0.2) is 4.80 Å². The average molecular weight is 326 g/mol. The van der Waals surface area contributed by atoms with E-state index in [2.05, 4.69) is 16.7 Å². The van der Waals surface area contributed by atoms with Gasteiger partial charge in [-0.2, -0.15) is 10.1 Å². The predicted molar refractivity (Wildman–Crippen MR) is 92.5 cm³/mol. The third-order valence-electron chi connectivity index (χ3n) is 3.52. The number of benzene rings is 1. The van der Waals surface area contributed by atoms with Gasteiger partial charge in [-0.1, -0.05) is 29.5 Å². The monoisotopic (exact) mass is 326 g/mol. The first kappa shape index (κ1) is 15.4. The molecule has 3 rings (SSSR count). The van der Waals surface area contributed by atoms with Gasteiger partial charge in [0.05, 0.1) is 15.9 Å². The Kier molecular flexibility index (Phi) is 4.25. The molecule has 0 atom stereocenters. The highest BCUT2D eigenvalue weighted by Crippen LogP contribution is 2.17. The fourth-order valence-electron chi connectivity index (χ4n) is 2.51. The second-order valence-electron chi connectivity index (χ2n) is 5.16. The Morgan fingerprint density at radius 3 is 2.96 bits per heavy atom. The van der Waals surface area contributed by atoms with Crippen molar-refractivity contribution in [3.05, 3.63) is 59.2 Å². The number of hydrogen-bond donors (Lipinski definition) is 0. The van der Waals surface area contributed by atoms with Crippen molar-refractivity contribution in [2.75, 3.05) is 0 Å². The maximum atomic E-state index is 12.6. The van der Waals surface area contributed by atoms with E-state index in [1.165, 1.54) is 11.3 Å². The van der Waals surface area contributed by atoms with Crippen LogP contribution in [0.4, 0.5) is 0 Å². The van der Waals surface area contributed by atoms with Crippen molar-refractivity contribution in [1.82, 2.24) is 14.3 Å². The van der Waals surface area contributed by atoms with Crippen LogP contribution in [-0.4, -0.2) is 20.3 Å². The average Bonchev–Trinajstić information content (AvgIpc) is 3.09. The van der Waals surface area contributed by atoms with Crippen LogP contribution in [0.1, 0.15) is 23.1 Å². The molecule has 0 aliphatic carbocycles. The second-order valence-corrected chi connectivity index (χ2v) is 6.16. The van der Waals surface area contributed by atoms with E-state index in [9.17, 15) is 4.79 Å². The van der Waals surface area contributed by atoms with Crippen LogP contribution in [0.2, 0.25) is 0 Å². The van der Waals surface area contributed by atoms with E-state index in [1.807, 2.05) is 48.8 Å². The number of nitrogens with zero attached hydrogens (tertiary/aromatic N) is 4. The van der Waals surface area contributed by atoms with Crippen molar-refractivity contribution >= 4 is 27.5 Å². The summed E-state index contributed by atoms with van der Waals surface area (Å²) in [5.74, 6) is -0.267. The zero-order chi connectivity index (χ0) is 16.4. The number of aryl methyl sites for hydroxylation is 2. The zero-order valence-corrected chi connectivity index (χ0v) is 14.0. The molecule has 1 amide bonds. The van der Waals surface area contributed by atoms with E-state index in [1.54, 1.807) is 10.7 Å². The number of carbonyl (C=O) groups is 1. The van der Waals surface area contributed by atoms with Crippen LogP contribution in [0.25, 0.3) is 10.2 Å². The van der Waals surface area contributed by atoms with Gasteiger partial charge < -0.3 is 4.57 Å². The smallest absolute Gasteiger partial charge is 0.297 e. The number of aromatic nitrogens is 3. The molecule has 0 bridgehead atoms. The molecule has 5 nitrogen and oxygen atoms in total. The minimum absolute atomic E-state index is 0.267. The molecule has 0 saturated carbocycles. The number of fused-ring (bicyclic) bond motifs is 1. The summed E-state index contributed by atoms with van der Waals surface area (Å²) in [4.78, 5) is 17.6. The summed E-state index contributed by atoms with van der Waals surface area (Å²) in [5.41, 5.74) is 2.40. The van der Waals surface area contributed by atoms with Gasteiger partial charge in [0, 0.05) is 13.1 Å². The summed E-state index contributed by atoms with van der Waals surface area (Å²) >= 11 is 1.51. The molecule has 0 fully saturated rings. The zero-order valence-electron chi connectivity index (χ0n) is 13.2. The van der Waals surface area contributed by atoms with E-state index < -0.39 is 0 Å². The van der Waals surface area contributed by atoms with Gasteiger partial charge in [0.1, 0.15) is 5.69 Å². The van der Waals surface area contributed by atoms with Crippen LogP contribution in [-0.2, 0) is 13.1 Å². The fraction of sp³-hybridized carbons (Fsp3) is 0.235. The molecule has 0 unspecified atom stereocenters. The Balaban J connectivity index is 2.14. The van der Waals surface area contributed by atoms with Gasteiger partial charge in [-0.15, -0.1) is 6.58 Å². The van der Waals surface area contributed by atoms with Crippen molar-refractivity contribution < 1.29 is 4.79 Å². The van der Waals surface area contributed by atoms with Gasteiger partial charge in [-0.05, 0) is 32.0 Å². The first-order chi connectivity index (χ1) is 11.1. The molecule has 0 aliphatic rings. The number of hydrogen-bond acceptors (Lipinski definition) is 3. The largest absolute Gasteiger partial charge is 0.312 e. The van der Waals surface area contributed by atoms with Crippen LogP contribution in [0, 0.1) is 6.92 Å². The van der Waals surface area contributed by atoms with Crippen molar-refractivity contribution in [3.8, 4) is 0 Å². The number of allylic oxidation sites excluding steroid dienone is 1. The third-order valence-corrected chi connectivity index (χ3v) is 4.58. The maximum Gasteiger partial charge on any atom is 0.297 e.